The Kier molecular flexibility index (Phi) is 5.26. The number of thiocarbonyl (C=S) groups is 1. The van der Waals surface area contributed by atoms with Gasteiger partial charge >= 0.3 is 0 Å². The number of para-hydroxylation sites is 1. The molecule has 0 radical (unpaired) electrons. The highest BCUT2D eigenvalue weighted by atomic mass is 32.1. The Morgan fingerprint density at radius 3 is 2.75 bits per heavy atom. The van der Waals surface area contributed by atoms with Crippen molar-refractivity contribution in [3.05, 3.63) is 52.2 Å². The van der Waals surface area contributed by atoms with Crippen LogP contribution in [0.2, 0.25) is 0 Å². The molecular formula is C15H16N2OS2. The Hall–Kier alpha value is -1.72. The van der Waals surface area contributed by atoms with E-state index in [2.05, 4.69) is 11.4 Å². The molecule has 0 fully saturated rings. The van der Waals surface area contributed by atoms with Gasteiger partial charge in [0.25, 0.3) is 0 Å². The van der Waals surface area contributed by atoms with E-state index < -0.39 is 0 Å². The fourth-order valence-electron chi connectivity index (χ4n) is 1.90. The number of nitrogens with one attached hydrogen (secondary N) is 1. The summed E-state index contributed by atoms with van der Waals surface area (Å²) < 4.78 is 0. The summed E-state index contributed by atoms with van der Waals surface area (Å²) in [5.74, 6) is -0.00902. The third kappa shape index (κ3) is 4.15. The van der Waals surface area contributed by atoms with Gasteiger partial charge in [-0.3, -0.25) is 4.79 Å². The highest BCUT2D eigenvalue weighted by molar-refractivity contribution is 7.80. The predicted molar refractivity (Wildman–Crippen MR) is 88.2 cm³/mol. The van der Waals surface area contributed by atoms with E-state index in [9.17, 15) is 4.79 Å². The molecule has 2 aromatic rings. The van der Waals surface area contributed by atoms with Crippen molar-refractivity contribution in [1.82, 2.24) is 0 Å². The number of aryl methyl sites for hydroxylation is 1. The third-order valence-electron chi connectivity index (χ3n) is 2.87. The van der Waals surface area contributed by atoms with E-state index in [-0.39, 0.29) is 5.91 Å². The molecule has 0 aliphatic heterocycles. The zero-order valence-corrected chi connectivity index (χ0v) is 12.6. The zero-order valence-electron chi connectivity index (χ0n) is 11.0. The van der Waals surface area contributed by atoms with Gasteiger partial charge in [0, 0.05) is 16.9 Å². The standard InChI is InChI=1S/C15H16N2OS2/c16-15(19)12-7-1-2-8-13(12)17-14(18)9-3-5-11-6-4-10-20-11/h1-2,4,6-8,10H,3,5,9H2,(H2,16,19)(H,17,18). The van der Waals surface area contributed by atoms with Crippen molar-refractivity contribution >= 4 is 40.1 Å². The molecule has 2 rings (SSSR count). The average Bonchev–Trinajstić information content (AvgIpc) is 2.92. The minimum atomic E-state index is -0.00902. The van der Waals surface area contributed by atoms with Crippen LogP contribution >= 0.6 is 23.6 Å². The molecule has 3 nitrogen and oxygen atoms in total. The minimum Gasteiger partial charge on any atom is -0.389 e. The lowest BCUT2D eigenvalue weighted by molar-refractivity contribution is -0.116. The van der Waals surface area contributed by atoms with E-state index in [0.717, 1.165) is 12.8 Å². The second-order valence-electron chi connectivity index (χ2n) is 4.39. The summed E-state index contributed by atoms with van der Waals surface area (Å²) in [5.41, 5.74) is 7.02. The van der Waals surface area contributed by atoms with Crippen LogP contribution in [-0.4, -0.2) is 10.9 Å². The summed E-state index contributed by atoms with van der Waals surface area (Å²) in [7, 11) is 0. The Balaban J connectivity index is 1.87. The van der Waals surface area contributed by atoms with Crippen LogP contribution in [0.3, 0.4) is 0 Å². The van der Waals surface area contributed by atoms with Gasteiger partial charge in [0.2, 0.25) is 5.91 Å². The van der Waals surface area contributed by atoms with Gasteiger partial charge in [-0.2, -0.15) is 0 Å². The fourth-order valence-corrected chi connectivity index (χ4v) is 2.83. The molecule has 0 spiro atoms. The second-order valence-corrected chi connectivity index (χ2v) is 5.86. The zero-order chi connectivity index (χ0) is 14.4. The van der Waals surface area contributed by atoms with Crippen LogP contribution in [-0.2, 0) is 11.2 Å². The van der Waals surface area contributed by atoms with Crippen molar-refractivity contribution in [3.8, 4) is 0 Å². The molecule has 1 aromatic carbocycles. The molecular weight excluding hydrogens is 288 g/mol. The monoisotopic (exact) mass is 304 g/mol. The Morgan fingerprint density at radius 2 is 2.05 bits per heavy atom. The van der Waals surface area contributed by atoms with Crippen LogP contribution in [0.15, 0.2) is 41.8 Å². The van der Waals surface area contributed by atoms with Crippen LogP contribution in [0, 0.1) is 0 Å². The molecule has 0 aliphatic carbocycles. The number of hydrogen-bond donors (Lipinski definition) is 2. The van der Waals surface area contributed by atoms with E-state index in [1.165, 1.54) is 4.88 Å². The molecule has 104 valence electrons. The summed E-state index contributed by atoms with van der Waals surface area (Å²) >= 11 is 6.69. The van der Waals surface area contributed by atoms with Gasteiger partial charge in [-0.1, -0.05) is 30.4 Å². The smallest absolute Gasteiger partial charge is 0.224 e. The molecule has 0 bridgehead atoms. The maximum atomic E-state index is 11.9. The Labute approximate surface area is 127 Å². The molecule has 0 aliphatic rings. The molecule has 3 N–H and O–H groups in total. The number of nitrogens with two attached hydrogens (primary N) is 1. The molecule has 0 unspecified atom stereocenters. The van der Waals surface area contributed by atoms with Gasteiger partial charge < -0.3 is 11.1 Å². The number of amides is 1. The number of carbonyl (C=O) groups excluding carboxylic acids is 1. The van der Waals surface area contributed by atoms with Gasteiger partial charge in [-0.25, -0.2) is 0 Å². The summed E-state index contributed by atoms with van der Waals surface area (Å²) in [6, 6.07) is 11.4. The topological polar surface area (TPSA) is 55.1 Å². The number of anilines is 1. The summed E-state index contributed by atoms with van der Waals surface area (Å²) in [4.78, 5) is 13.5. The van der Waals surface area contributed by atoms with Crippen LogP contribution in [0.5, 0.6) is 0 Å². The van der Waals surface area contributed by atoms with Crippen molar-refractivity contribution in [2.75, 3.05) is 5.32 Å². The quantitative estimate of drug-likeness (QED) is 0.805. The highest BCUT2D eigenvalue weighted by Gasteiger charge is 2.08. The van der Waals surface area contributed by atoms with Gasteiger partial charge in [0.1, 0.15) is 4.99 Å². The van der Waals surface area contributed by atoms with Crippen LogP contribution in [0.1, 0.15) is 23.3 Å². The molecule has 1 aromatic heterocycles. The lowest BCUT2D eigenvalue weighted by Crippen LogP contribution is -2.17. The van der Waals surface area contributed by atoms with Gasteiger partial charge in [0.15, 0.2) is 0 Å². The molecule has 5 heteroatoms. The molecule has 1 heterocycles. The highest BCUT2D eigenvalue weighted by Crippen LogP contribution is 2.16. The lowest BCUT2D eigenvalue weighted by Gasteiger charge is -2.09. The second kappa shape index (κ2) is 7.17. The first kappa shape index (κ1) is 14.7. The van der Waals surface area contributed by atoms with E-state index in [0.29, 0.717) is 22.7 Å². The number of carbonyl (C=O) groups is 1. The van der Waals surface area contributed by atoms with Gasteiger partial charge in [-0.05, 0) is 36.4 Å². The summed E-state index contributed by atoms with van der Waals surface area (Å²) in [6.45, 7) is 0. The maximum absolute atomic E-state index is 11.9. The first-order valence-electron chi connectivity index (χ1n) is 6.38. The number of hydrogen-bond acceptors (Lipinski definition) is 3. The SMILES string of the molecule is NC(=S)c1ccccc1NC(=O)CCCc1cccs1. The van der Waals surface area contributed by atoms with Crippen LogP contribution < -0.4 is 11.1 Å². The van der Waals surface area contributed by atoms with Crippen molar-refractivity contribution in [1.29, 1.82) is 0 Å². The van der Waals surface area contributed by atoms with E-state index in [4.69, 9.17) is 18.0 Å². The lowest BCUT2D eigenvalue weighted by atomic mass is 10.1. The molecule has 20 heavy (non-hydrogen) atoms. The summed E-state index contributed by atoms with van der Waals surface area (Å²) in [5, 5.41) is 4.92. The van der Waals surface area contributed by atoms with Crippen LogP contribution in [0.4, 0.5) is 5.69 Å². The normalized spacial score (nSPS) is 10.2. The Bertz CT molecular complexity index is 594. The molecule has 0 saturated heterocycles. The first-order chi connectivity index (χ1) is 9.66. The number of benzene rings is 1. The van der Waals surface area contributed by atoms with Crippen molar-refractivity contribution < 1.29 is 4.79 Å². The number of rotatable bonds is 6. The van der Waals surface area contributed by atoms with Crippen LogP contribution in [0.25, 0.3) is 0 Å². The Morgan fingerprint density at radius 1 is 1.25 bits per heavy atom. The van der Waals surface area contributed by atoms with E-state index >= 15 is 0 Å². The average molecular weight is 304 g/mol. The van der Waals surface area contributed by atoms with Crippen molar-refractivity contribution in [2.24, 2.45) is 5.73 Å². The maximum Gasteiger partial charge on any atom is 0.224 e. The largest absolute Gasteiger partial charge is 0.389 e. The third-order valence-corrected chi connectivity index (χ3v) is 4.03. The fraction of sp³-hybridized carbons (Fsp3) is 0.200. The molecule has 0 saturated carbocycles. The van der Waals surface area contributed by atoms with E-state index in [1.54, 1.807) is 11.3 Å². The van der Waals surface area contributed by atoms with E-state index in [1.807, 2.05) is 35.7 Å². The van der Waals surface area contributed by atoms with Crippen molar-refractivity contribution in [3.63, 3.8) is 0 Å². The first-order valence-corrected chi connectivity index (χ1v) is 7.66. The summed E-state index contributed by atoms with van der Waals surface area (Å²) in [6.07, 6.45) is 2.26. The molecule has 0 atom stereocenters. The molecule has 1 amide bonds. The minimum absolute atomic E-state index is 0.00902. The van der Waals surface area contributed by atoms with Gasteiger partial charge in [0.05, 0.1) is 5.69 Å². The van der Waals surface area contributed by atoms with Gasteiger partial charge in [-0.15, -0.1) is 11.3 Å². The predicted octanol–water partition coefficient (Wildman–Crippen LogP) is 3.34. The number of thiophene rings is 1. The van der Waals surface area contributed by atoms with Crippen molar-refractivity contribution in [2.45, 2.75) is 19.3 Å².